The Labute approximate surface area is 121 Å². The van der Waals surface area contributed by atoms with Gasteiger partial charge < -0.3 is 10.0 Å². The van der Waals surface area contributed by atoms with Gasteiger partial charge in [-0.3, -0.25) is 4.79 Å². The lowest BCUT2D eigenvalue weighted by Gasteiger charge is -2.28. The molecule has 1 aromatic carbocycles. The Kier molecular flexibility index (Phi) is 3.70. The summed E-state index contributed by atoms with van der Waals surface area (Å²) in [6, 6.07) is 7.66. The first-order valence-corrected chi connectivity index (χ1v) is 6.92. The Hall–Kier alpha value is -2.21. The summed E-state index contributed by atoms with van der Waals surface area (Å²) in [6.45, 7) is 1.07. The standard InChI is InChI=1S/C15H16FN3O2/c16-11-2-1-3-12(10-11)19-9-6-14(17-19)15(21)18-7-4-13(20)5-8-18/h1-3,6,9-10,13,20H,4-5,7-8H2. The van der Waals surface area contributed by atoms with Crippen LogP contribution < -0.4 is 0 Å². The van der Waals surface area contributed by atoms with Crippen LogP contribution in [-0.2, 0) is 0 Å². The lowest BCUT2D eigenvalue weighted by atomic mass is 10.1. The molecule has 0 unspecified atom stereocenters. The third-order valence-corrected chi connectivity index (χ3v) is 3.63. The number of carbonyl (C=O) groups excluding carboxylic acids is 1. The van der Waals surface area contributed by atoms with E-state index in [0.717, 1.165) is 0 Å². The van der Waals surface area contributed by atoms with E-state index in [2.05, 4.69) is 5.10 Å². The second-order valence-electron chi connectivity index (χ2n) is 5.15. The number of benzene rings is 1. The number of rotatable bonds is 2. The predicted octanol–water partition coefficient (Wildman–Crippen LogP) is 1.61. The smallest absolute Gasteiger partial charge is 0.274 e. The molecule has 1 fully saturated rings. The lowest BCUT2D eigenvalue weighted by molar-refractivity contribution is 0.0541. The molecular formula is C15H16FN3O2. The minimum absolute atomic E-state index is 0.156. The molecule has 1 aromatic heterocycles. The normalized spacial score (nSPS) is 16.2. The first kappa shape index (κ1) is 13.8. The van der Waals surface area contributed by atoms with E-state index in [4.69, 9.17) is 0 Å². The second-order valence-corrected chi connectivity index (χ2v) is 5.15. The topological polar surface area (TPSA) is 58.4 Å². The van der Waals surface area contributed by atoms with Crippen LogP contribution in [0.15, 0.2) is 36.5 Å². The van der Waals surface area contributed by atoms with Crippen LogP contribution in [0.3, 0.4) is 0 Å². The van der Waals surface area contributed by atoms with E-state index in [1.54, 1.807) is 29.3 Å². The van der Waals surface area contributed by atoms with E-state index in [1.807, 2.05) is 0 Å². The van der Waals surface area contributed by atoms with Gasteiger partial charge in [0.15, 0.2) is 5.69 Å². The number of carbonyl (C=O) groups is 1. The highest BCUT2D eigenvalue weighted by atomic mass is 19.1. The van der Waals surface area contributed by atoms with Crippen LogP contribution in [0.25, 0.3) is 5.69 Å². The van der Waals surface area contributed by atoms with Crippen molar-refractivity contribution in [3.63, 3.8) is 0 Å². The number of aliphatic hydroxyl groups excluding tert-OH is 1. The van der Waals surface area contributed by atoms with Gasteiger partial charge in [-0.2, -0.15) is 5.10 Å². The molecule has 0 saturated carbocycles. The molecule has 0 radical (unpaired) electrons. The first-order valence-electron chi connectivity index (χ1n) is 6.92. The zero-order chi connectivity index (χ0) is 14.8. The zero-order valence-corrected chi connectivity index (χ0v) is 11.4. The van der Waals surface area contributed by atoms with Crippen molar-refractivity contribution >= 4 is 5.91 Å². The van der Waals surface area contributed by atoms with Crippen molar-refractivity contribution in [2.45, 2.75) is 18.9 Å². The fourth-order valence-electron chi connectivity index (χ4n) is 2.43. The average Bonchev–Trinajstić information content (AvgIpc) is 2.97. The summed E-state index contributed by atoms with van der Waals surface area (Å²) in [5, 5.41) is 13.7. The van der Waals surface area contributed by atoms with E-state index >= 15 is 0 Å². The van der Waals surface area contributed by atoms with Gasteiger partial charge in [0.1, 0.15) is 5.82 Å². The molecule has 1 aliphatic rings. The molecule has 0 aliphatic carbocycles. The molecule has 0 atom stereocenters. The molecule has 2 heterocycles. The van der Waals surface area contributed by atoms with Crippen molar-refractivity contribution < 1.29 is 14.3 Å². The monoisotopic (exact) mass is 289 g/mol. The van der Waals surface area contributed by atoms with E-state index < -0.39 is 0 Å². The van der Waals surface area contributed by atoms with E-state index in [-0.39, 0.29) is 17.8 Å². The summed E-state index contributed by atoms with van der Waals surface area (Å²) < 4.78 is 14.7. The number of halogens is 1. The number of aromatic nitrogens is 2. The number of amides is 1. The van der Waals surface area contributed by atoms with Crippen LogP contribution in [0.1, 0.15) is 23.3 Å². The minimum Gasteiger partial charge on any atom is -0.393 e. The van der Waals surface area contributed by atoms with E-state index in [0.29, 0.717) is 37.3 Å². The van der Waals surface area contributed by atoms with Gasteiger partial charge >= 0.3 is 0 Å². The van der Waals surface area contributed by atoms with Crippen molar-refractivity contribution in [1.82, 2.24) is 14.7 Å². The number of piperidine rings is 1. The maximum absolute atomic E-state index is 13.2. The molecule has 110 valence electrons. The largest absolute Gasteiger partial charge is 0.393 e. The molecule has 0 spiro atoms. The Morgan fingerprint density at radius 1 is 1.29 bits per heavy atom. The summed E-state index contributed by atoms with van der Waals surface area (Å²) in [7, 11) is 0. The minimum atomic E-state index is -0.346. The third kappa shape index (κ3) is 2.95. The zero-order valence-electron chi connectivity index (χ0n) is 11.4. The Bertz CT molecular complexity index is 648. The van der Waals surface area contributed by atoms with Gasteiger partial charge in [0, 0.05) is 19.3 Å². The lowest BCUT2D eigenvalue weighted by Crippen LogP contribution is -2.40. The van der Waals surface area contributed by atoms with Crippen LogP contribution in [0.4, 0.5) is 4.39 Å². The Balaban J connectivity index is 1.77. The molecule has 1 aliphatic heterocycles. The fourth-order valence-corrected chi connectivity index (χ4v) is 2.43. The van der Waals surface area contributed by atoms with Crippen LogP contribution >= 0.6 is 0 Å². The van der Waals surface area contributed by atoms with Gasteiger partial charge in [-0.1, -0.05) is 6.07 Å². The number of nitrogens with zero attached hydrogens (tertiary/aromatic N) is 3. The van der Waals surface area contributed by atoms with Gasteiger partial charge in [-0.25, -0.2) is 9.07 Å². The molecule has 1 amide bonds. The average molecular weight is 289 g/mol. The number of hydrogen-bond donors (Lipinski definition) is 1. The van der Waals surface area contributed by atoms with Crippen molar-refractivity contribution in [1.29, 1.82) is 0 Å². The highest BCUT2D eigenvalue weighted by Crippen LogP contribution is 2.14. The van der Waals surface area contributed by atoms with E-state index in [9.17, 15) is 14.3 Å². The molecule has 6 heteroatoms. The highest BCUT2D eigenvalue weighted by molar-refractivity contribution is 5.92. The molecule has 1 saturated heterocycles. The van der Waals surface area contributed by atoms with Crippen LogP contribution in [0, 0.1) is 5.82 Å². The summed E-state index contributed by atoms with van der Waals surface area (Å²) in [4.78, 5) is 14.0. The first-order chi connectivity index (χ1) is 10.1. The maximum atomic E-state index is 13.2. The summed E-state index contributed by atoms with van der Waals surface area (Å²) in [6.07, 6.45) is 2.51. The van der Waals surface area contributed by atoms with Crippen LogP contribution in [0.2, 0.25) is 0 Å². The third-order valence-electron chi connectivity index (χ3n) is 3.63. The van der Waals surface area contributed by atoms with Crippen molar-refractivity contribution in [3.05, 3.63) is 48.0 Å². The van der Waals surface area contributed by atoms with Crippen LogP contribution in [0.5, 0.6) is 0 Å². The Morgan fingerprint density at radius 2 is 2.05 bits per heavy atom. The fraction of sp³-hybridized carbons (Fsp3) is 0.333. The van der Waals surface area contributed by atoms with Crippen molar-refractivity contribution in [2.24, 2.45) is 0 Å². The van der Waals surface area contributed by atoms with Gasteiger partial charge in [0.2, 0.25) is 0 Å². The van der Waals surface area contributed by atoms with Gasteiger partial charge in [-0.15, -0.1) is 0 Å². The predicted molar refractivity (Wildman–Crippen MR) is 74.7 cm³/mol. The van der Waals surface area contributed by atoms with Gasteiger partial charge in [-0.05, 0) is 37.1 Å². The maximum Gasteiger partial charge on any atom is 0.274 e. The van der Waals surface area contributed by atoms with E-state index in [1.165, 1.54) is 16.8 Å². The summed E-state index contributed by atoms with van der Waals surface area (Å²) >= 11 is 0. The molecule has 0 bridgehead atoms. The van der Waals surface area contributed by atoms with Crippen LogP contribution in [-0.4, -0.2) is 44.9 Å². The number of hydrogen-bond acceptors (Lipinski definition) is 3. The molecule has 3 rings (SSSR count). The Morgan fingerprint density at radius 3 is 2.76 bits per heavy atom. The quantitative estimate of drug-likeness (QED) is 0.913. The van der Waals surface area contributed by atoms with Gasteiger partial charge in [0.25, 0.3) is 5.91 Å². The summed E-state index contributed by atoms with van der Waals surface area (Å²) in [5.74, 6) is -0.502. The SMILES string of the molecule is O=C(c1ccn(-c2cccc(F)c2)n1)N1CCC(O)CC1. The molecule has 1 N–H and O–H groups in total. The highest BCUT2D eigenvalue weighted by Gasteiger charge is 2.23. The second kappa shape index (κ2) is 5.65. The molecular weight excluding hydrogens is 273 g/mol. The van der Waals surface area contributed by atoms with Crippen molar-refractivity contribution in [2.75, 3.05) is 13.1 Å². The summed E-state index contributed by atoms with van der Waals surface area (Å²) in [5.41, 5.74) is 0.902. The molecule has 5 nitrogen and oxygen atoms in total. The number of aliphatic hydroxyl groups is 1. The molecule has 21 heavy (non-hydrogen) atoms. The van der Waals surface area contributed by atoms with Gasteiger partial charge in [0.05, 0.1) is 11.8 Å². The molecule has 2 aromatic rings. The van der Waals surface area contributed by atoms with Crippen molar-refractivity contribution in [3.8, 4) is 5.69 Å². The number of likely N-dealkylation sites (tertiary alicyclic amines) is 1.